The van der Waals surface area contributed by atoms with Crippen LogP contribution in [0.3, 0.4) is 0 Å². The molecule has 3 aromatic rings. The minimum Gasteiger partial charge on any atom is -0.312 e. The van der Waals surface area contributed by atoms with Crippen LogP contribution in [0, 0.1) is 5.92 Å². The van der Waals surface area contributed by atoms with Crippen molar-refractivity contribution in [1.82, 2.24) is 24.7 Å². The summed E-state index contributed by atoms with van der Waals surface area (Å²) in [5, 5.41) is 8.07. The smallest absolute Gasteiger partial charge is 0.255 e. The fraction of sp³-hybridized carbons (Fsp3) is 0.542. The second kappa shape index (κ2) is 7.88. The van der Waals surface area contributed by atoms with Crippen molar-refractivity contribution in [3.63, 3.8) is 0 Å². The Labute approximate surface area is 181 Å². The molecule has 0 N–H and O–H groups in total. The summed E-state index contributed by atoms with van der Waals surface area (Å²) in [4.78, 5) is 18.3. The Balaban J connectivity index is 1.22. The van der Waals surface area contributed by atoms with Crippen LogP contribution in [0.2, 0.25) is 0 Å². The second-order valence-corrected chi connectivity index (χ2v) is 9.58. The molecule has 0 spiro atoms. The molecular weight excluding hydrogens is 390 g/mol. The monoisotopic (exact) mass is 419 g/mol. The van der Waals surface area contributed by atoms with E-state index >= 15 is 0 Å². The van der Waals surface area contributed by atoms with E-state index in [4.69, 9.17) is 4.63 Å². The van der Waals surface area contributed by atoms with Crippen LogP contribution in [0.25, 0.3) is 11.0 Å². The zero-order chi connectivity index (χ0) is 20.8. The highest BCUT2D eigenvalue weighted by molar-refractivity contribution is 5.76. The van der Waals surface area contributed by atoms with Gasteiger partial charge in [-0.25, -0.2) is 4.63 Å². The van der Waals surface area contributed by atoms with Crippen molar-refractivity contribution in [3.05, 3.63) is 57.5 Å². The number of pyridine rings is 1. The standard InChI is InChI=1S/C24H29N5O2/c30-24-19(15-27-9-2-1-3-10-27)7-8-22-20-11-17(13-29(22)24)12-28(16-20)14-18-5-4-6-21-23(18)26-31-25-21/h4-8,17,20H,1-3,9-16H2/t17-,20+/m0/s1. The van der Waals surface area contributed by atoms with Gasteiger partial charge in [0, 0.05) is 49.9 Å². The third-order valence-electron chi connectivity index (χ3n) is 7.36. The Hall–Kier alpha value is -2.51. The SMILES string of the molecule is O=c1c(CN2CCCCC2)ccc2n1C[C@H]1C[C@@H]2CN(Cc2cccc3nonc23)C1. The average molecular weight is 420 g/mol. The number of piperidine rings is 2. The number of hydrogen-bond donors (Lipinski definition) is 0. The van der Waals surface area contributed by atoms with E-state index in [1.807, 2.05) is 12.1 Å². The van der Waals surface area contributed by atoms with Crippen LogP contribution in [0.1, 0.15) is 48.4 Å². The van der Waals surface area contributed by atoms with E-state index in [9.17, 15) is 4.79 Å². The van der Waals surface area contributed by atoms with Crippen molar-refractivity contribution >= 4 is 11.0 Å². The van der Waals surface area contributed by atoms with Crippen molar-refractivity contribution in [2.45, 2.75) is 51.2 Å². The second-order valence-electron chi connectivity index (χ2n) is 9.58. The topological polar surface area (TPSA) is 67.4 Å². The van der Waals surface area contributed by atoms with Gasteiger partial charge in [-0.2, -0.15) is 0 Å². The highest BCUT2D eigenvalue weighted by Gasteiger charge is 2.35. The Morgan fingerprint density at radius 3 is 2.68 bits per heavy atom. The molecule has 3 aliphatic rings. The summed E-state index contributed by atoms with van der Waals surface area (Å²) in [5.74, 6) is 0.933. The van der Waals surface area contributed by atoms with Crippen LogP contribution in [0.4, 0.5) is 0 Å². The van der Waals surface area contributed by atoms with Gasteiger partial charge in [-0.1, -0.05) is 24.6 Å². The molecule has 2 saturated heterocycles. The molecule has 0 unspecified atom stereocenters. The van der Waals surface area contributed by atoms with Gasteiger partial charge in [0.15, 0.2) is 0 Å². The first-order chi connectivity index (χ1) is 15.2. The summed E-state index contributed by atoms with van der Waals surface area (Å²) >= 11 is 0. The minimum absolute atomic E-state index is 0.240. The van der Waals surface area contributed by atoms with Crippen molar-refractivity contribution in [2.24, 2.45) is 5.92 Å². The molecule has 3 aliphatic heterocycles. The number of hydrogen-bond acceptors (Lipinski definition) is 6. The lowest BCUT2D eigenvalue weighted by atomic mass is 9.82. The van der Waals surface area contributed by atoms with E-state index in [1.165, 1.54) is 31.4 Å². The Kier molecular flexibility index (Phi) is 4.88. The minimum atomic E-state index is 0.240. The lowest BCUT2D eigenvalue weighted by Gasteiger charge is -2.43. The fourth-order valence-electron chi connectivity index (χ4n) is 5.93. The van der Waals surface area contributed by atoms with Gasteiger partial charge in [-0.3, -0.25) is 14.6 Å². The molecule has 2 atom stereocenters. The lowest BCUT2D eigenvalue weighted by molar-refractivity contribution is 0.114. The molecule has 31 heavy (non-hydrogen) atoms. The molecule has 2 fully saturated rings. The highest BCUT2D eigenvalue weighted by Crippen LogP contribution is 2.36. The zero-order valence-electron chi connectivity index (χ0n) is 17.9. The van der Waals surface area contributed by atoms with Gasteiger partial charge in [0.25, 0.3) is 5.56 Å². The summed E-state index contributed by atoms with van der Waals surface area (Å²) in [6.07, 6.45) is 5.01. The summed E-state index contributed by atoms with van der Waals surface area (Å²) < 4.78 is 7.03. The molecule has 2 bridgehead atoms. The van der Waals surface area contributed by atoms with E-state index in [0.717, 1.165) is 68.0 Å². The summed E-state index contributed by atoms with van der Waals surface area (Å²) in [6.45, 7) is 6.71. The lowest BCUT2D eigenvalue weighted by Crippen LogP contribution is -2.47. The molecule has 0 saturated carbocycles. The van der Waals surface area contributed by atoms with Crippen LogP contribution in [0.5, 0.6) is 0 Å². The summed E-state index contributed by atoms with van der Waals surface area (Å²) in [5.41, 5.74) is 5.25. The first-order valence-electron chi connectivity index (χ1n) is 11.6. The molecule has 6 rings (SSSR count). The third-order valence-corrected chi connectivity index (χ3v) is 7.36. The van der Waals surface area contributed by atoms with Gasteiger partial charge in [-0.05, 0) is 66.3 Å². The van der Waals surface area contributed by atoms with Crippen molar-refractivity contribution in [3.8, 4) is 0 Å². The van der Waals surface area contributed by atoms with Crippen LogP contribution < -0.4 is 5.56 Å². The number of benzene rings is 1. The Bertz CT molecular complexity index is 1150. The molecule has 1 aromatic carbocycles. The van der Waals surface area contributed by atoms with Gasteiger partial charge < -0.3 is 4.57 Å². The molecule has 7 heteroatoms. The largest absolute Gasteiger partial charge is 0.312 e. The molecule has 5 heterocycles. The number of rotatable bonds is 4. The molecule has 0 amide bonds. The molecular formula is C24H29N5O2. The first-order valence-corrected chi connectivity index (χ1v) is 11.6. The predicted octanol–water partition coefficient (Wildman–Crippen LogP) is 2.99. The maximum Gasteiger partial charge on any atom is 0.255 e. The normalized spacial score (nSPS) is 24.4. The van der Waals surface area contributed by atoms with Gasteiger partial charge in [0.2, 0.25) is 0 Å². The van der Waals surface area contributed by atoms with Crippen molar-refractivity contribution in [1.29, 1.82) is 0 Å². The Morgan fingerprint density at radius 2 is 1.77 bits per heavy atom. The molecule has 7 nitrogen and oxygen atoms in total. The first kappa shape index (κ1) is 19.2. The molecule has 0 aliphatic carbocycles. The van der Waals surface area contributed by atoms with Crippen LogP contribution in [-0.4, -0.2) is 50.9 Å². The number of aromatic nitrogens is 3. The maximum absolute atomic E-state index is 13.3. The van der Waals surface area contributed by atoms with Crippen molar-refractivity contribution < 1.29 is 4.63 Å². The predicted molar refractivity (Wildman–Crippen MR) is 118 cm³/mol. The van der Waals surface area contributed by atoms with E-state index < -0.39 is 0 Å². The van der Waals surface area contributed by atoms with E-state index in [2.05, 4.69) is 42.9 Å². The van der Waals surface area contributed by atoms with E-state index in [0.29, 0.717) is 11.8 Å². The van der Waals surface area contributed by atoms with Crippen LogP contribution in [-0.2, 0) is 19.6 Å². The summed E-state index contributed by atoms with van der Waals surface area (Å²) in [6, 6.07) is 10.4. The highest BCUT2D eigenvalue weighted by atomic mass is 16.6. The number of nitrogens with zero attached hydrogens (tertiary/aromatic N) is 5. The van der Waals surface area contributed by atoms with Gasteiger partial charge >= 0.3 is 0 Å². The maximum atomic E-state index is 13.3. The third kappa shape index (κ3) is 3.59. The van der Waals surface area contributed by atoms with Crippen molar-refractivity contribution in [2.75, 3.05) is 26.2 Å². The van der Waals surface area contributed by atoms with E-state index in [1.54, 1.807) is 0 Å². The van der Waals surface area contributed by atoms with Crippen LogP contribution >= 0.6 is 0 Å². The number of likely N-dealkylation sites (tertiary alicyclic amines) is 2. The number of fused-ring (bicyclic) bond motifs is 5. The Morgan fingerprint density at radius 1 is 0.903 bits per heavy atom. The fourth-order valence-corrected chi connectivity index (χ4v) is 5.93. The zero-order valence-corrected chi connectivity index (χ0v) is 17.9. The van der Waals surface area contributed by atoms with Gasteiger partial charge in [0.05, 0.1) is 0 Å². The van der Waals surface area contributed by atoms with Gasteiger partial charge in [0.1, 0.15) is 11.0 Å². The molecule has 0 radical (unpaired) electrons. The van der Waals surface area contributed by atoms with Gasteiger partial charge in [-0.15, -0.1) is 0 Å². The average Bonchev–Trinajstić information content (AvgIpc) is 3.27. The van der Waals surface area contributed by atoms with E-state index in [-0.39, 0.29) is 5.56 Å². The quantitative estimate of drug-likeness (QED) is 0.648. The molecule has 2 aromatic heterocycles. The summed E-state index contributed by atoms with van der Waals surface area (Å²) in [7, 11) is 0. The van der Waals surface area contributed by atoms with Crippen LogP contribution in [0.15, 0.2) is 39.8 Å². The molecule has 162 valence electrons.